The standard InChI is InChI=1S/C11H13NO2S2/c13-12(14)9-3-1-2-4-10(9)16-8-11(7-15)5-6-11/h1-4,15H,5-8H2. The molecule has 0 N–H and O–H groups in total. The molecule has 0 unspecified atom stereocenters. The molecule has 1 aliphatic rings. The third-order valence-electron chi connectivity index (χ3n) is 2.89. The van der Waals surface area contributed by atoms with E-state index in [9.17, 15) is 10.1 Å². The molecule has 0 heterocycles. The van der Waals surface area contributed by atoms with Gasteiger partial charge in [0.2, 0.25) is 0 Å². The SMILES string of the molecule is O=[N+]([O-])c1ccccc1SCC1(CS)CC1. The maximum atomic E-state index is 10.8. The third kappa shape index (κ3) is 2.52. The normalized spacial score (nSPS) is 17.1. The number of nitro groups is 1. The van der Waals surface area contributed by atoms with Crippen LogP contribution >= 0.6 is 24.4 Å². The Morgan fingerprint density at radius 3 is 2.69 bits per heavy atom. The fourth-order valence-electron chi connectivity index (χ4n) is 1.49. The Kier molecular flexibility index (Phi) is 3.44. The van der Waals surface area contributed by atoms with Gasteiger partial charge in [-0.3, -0.25) is 10.1 Å². The Hall–Kier alpha value is -0.680. The van der Waals surface area contributed by atoms with Gasteiger partial charge >= 0.3 is 0 Å². The highest BCUT2D eigenvalue weighted by Crippen LogP contribution is 2.50. The van der Waals surface area contributed by atoms with Crippen molar-refractivity contribution in [3.8, 4) is 0 Å². The molecule has 1 aliphatic carbocycles. The van der Waals surface area contributed by atoms with Crippen LogP contribution in [0, 0.1) is 15.5 Å². The van der Waals surface area contributed by atoms with Crippen molar-refractivity contribution in [1.29, 1.82) is 0 Å². The Morgan fingerprint density at radius 1 is 1.44 bits per heavy atom. The molecule has 0 amide bonds. The van der Waals surface area contributed by atoms with E-state index in [1.54, 1.807) is 23.9 Å². The molecule has 0 atom stereocenters. The molecule has 0 aliphatic heterocycles. The second kappa shape index (κ2) is 4.67. The first-order chi connectivity index (χ1) is 7.67. The fourth-order valence-corrected chi connectivity index (χ4v) is 3.38. The monoisotopic (exact) mass is 255 g/mol. The van der Waals surface area contributed by atoms with Crippen LogP contribution in [0.15, 0.2) is 29.2 Å². The van der Waals surface area contributed by atoms with E-state index in [2.05, 4.69) is 12.6 Å². The molecule has 2 rings (SSSR count). The number of rotatable bonds is 5. The third-order valence-corrected chi connectivity index (χ3v) is 4.97. The minimum Gasteiger partial charge on any atom is -0.258 e. The van der Waals surface area contributed by atoms with Gasteiger partial charge in [-0.1, -0.05) is 12.1 Å². The highest BCUT2D eigenvalue weighted by molar-refractivity contribution is 7.99. The van der Waals surface area contributed by atoms with Gasteiger partial charge in [-0.05, 0) is 30.1 Å². The van der Waals surface area contributed by atoms with Crippen molar-refractivity contribution in [3.63, 3.8) is 0 Å². The maximum absolute atomic E-state index is 10.8. The van der Waals surface area contributed by atoms with Crippen molar-refractivity contribution >= 4 is 30.1 Å². The molecule has 86 valence electrons. The van der Waals surface area contributed by atoms with E-state index >= 15 is 0 Å². The van der Waals surface area contributed by atoms with Gasteiger partial charge in [-0.15, -0.1) is 11.8 Å². The molecular formula is C11H13NO2S2. The first kappa shape index (κ1) is 11.8. The molecule has 1 fully saturated rings. The predicted octanol–water partition coefficient (Wildman–Crippen LogP) is 3.40. The summed E-state index contributed by atoms with van der Waals surface area (Å²) in [6, 6.07) is 6.92. The van der Waals surface area contributed by atoms with Crippen molar-refractivity contribution in [2.24, 2.45) is 5.41 Å². The summed E-state index contributed by atoms with van der Waals surface area (Å²) in [5.74, 6) is 1.81. The van der Waals surface area contributed by atoms with Gasteiger partial charge in [0, 0.05) is 11.8 Å². The second-order valence-electron chi connectivity index (χ2n) is 4.17. The Bertz CT molecular complexity index is 405. The minimum absolute atomic E-state index is 0.211. The number of benzene rings is 1. The lowest BCUT2D eigenvalue weighted by Crippen LogP contribution is -2.05. The predicted molar refractivity (Wildman–Crippen MR) is 69.3 cm³/mol. The van der Waals surface area contributed by atoms with Crippen LogP contribution in [-0.2, 0) is 0 Å². The van der Waals surface area contributed by atoms with Crippen LogP contribution < -0.4 is 0 Å². The number of thioether (sulfide) groups is 1. The van der Waals surface area contributed by atoms with Gasteiger partial charge in [0.1, 0.15) is 0 Å². The molecule has 3 nitrogen and oxygen atoms in total. The fraction of sp³-hybridized carbons (Fsp3) is 0.455. The topological polar surface area (TPSA) is 43.1 Å². The Morgan fingerprint density at radius 2 is 2.12 bits per heavy atom. The van der Waals surface area contributed by atoms with Gasteiger partial charge in [0.15, 0.2) is 0 Å². The number of nitrogens with zero attached hydrogens (tertiary/aromatic N) is 1. The quantitative estimate of drug-likeness (QED) is 0.379. The average molecular weight is 255 g/mol. The highest BCUT2D eigenvalue weighted by atomic mass is 32.2. The number of nitro benzene ring substituents is 1. The van der Waals surface area contributed by atoms with Crippen LogP contribution in [0.3, 0.4) is 0 Å². The largest absolute Gasteiger partial charge is 0.282 e. The first-order valence-electron chi connectivity index (χ1n) is 5.14. The summed E-state index contributed by atoms with van der Waals surface area (Å²) in [4.78, 5) is 11.3. The van der Waals surface area contributed by atoms with Crippen molar-refractivity contribution in [3.05, 3.63) is 34.4 Å². The van der Waals surface area contributed by atoms with Crippen molar-refractivity contribution in [2.75, 3.05) is 11.5 Å². The van der Waals surface area contributed by atoms with Crippen molar-refractivity contribution in [2.45, 2.75) is 17.7 Å². The van der Waals surface area contributed by atoms with E-state index in [4.69, 9.17) is 0 Å². The zero-order chi connectivity index (χ0) is 11.6. The molecule has 1 saturated carbocycles. The van der Waals surface area contributed by atoms with E-state index < -0.39 is 0 Å². The summed E-state index contributed by atoms with van der Waals surface area (Å²) in [5.41, 5.74) is 0.541. The van der Waals surface area contributed by atoms with Gasteiger partial charge < -0.3 is 0 Å². The smallest absolute Gasteiger partial charge is 0.258 e. The van der Waals surface area contributed by atoms with Crippen LogP contribution in [0.2, 0.25) is 0 Å². The van der Waals surface area contributed by atoms with Crippen LogP contribution in [-0.4, -0.2) is 16.4 Å². The zero-order valence-electron chi connectivity index (χ0n) is 8.76. The van der Waals surface area contributed by atoms with Gasteiger partial charge in [0.05, 0.1) is 9.82 Å². The van der Waals surface area contributed by atoms with Gasteiger partial charge in [-0.2, -0.15) is 12.6 Å². The van der Waals surface area contributed by atoms with Crippen LogP contribution in [0.25, 0.3) is 0 Å². The molecular weight excluding hydrogens is 242 g/mol. The van der Waals surface area contributed by atoms with Gasteiger partial charge in [0.25, 0.3) is 5.69 Å². The van der Waals surface area contributed by atoms with Crippen molar-refractivity contribution < 1.29 is 4.92 Å². The maximum Gasteiger partial charge on any atom is 0.282 e. The zero-order valence-corrected chi connectivity index (χ0v) is 10.5. The molecule has 0 saturated heterocycles. The lowest BCUT2D eigenvalue weighted by atomic mass is 10.2. The highest BCUT2D eigenvalue weighted by Gasteiger charge is 2.41. The van der Waals surface area contributed by atoms with Gasteiger partial charge in [-0.25, -0.2) is 0 Å². The molecule has 0 bridgehead atoms. The summed E-state index contributed by atoms with van der Waals surface area (Å²) in [7, 11) is 0. The summed E-state index contributed by atoms with van der Waals surface area (Å²) >= 11 is 5.91. The van der Waals surface area contributed by atoms with Crippen LogP contribution in [0.5, 0.6) is 0 Å². The summed E-state index contributed by atoms with van der Waals surface area (Å²) in [6.07, 6.45) is 2.40. The lowest BCUT2D eigenvalue weighted by molar-refractivity contribution is -0.387. The molecule has 0 aromatic heterocycles. The Balaban J connectivity index is 2.06. The molecule has 0 spiro atoms. The lowest BCUT2D eigenvalue weighted by Gasteiger charge is -2.10. The molecule has 5 heteroatoms. The van der Waals surface area contributed by atoms with Crippen LogP contribution in [0.4, 0.5) is 5.69 Å². The first-order valence-corrected chi connectivity index (χ1v) is 6.76. The van der Waals surface area contributed by atoms with E-state index in [1.807, 2.05) is 12.1 Å². The summed E-state index contributed by atoms with van der Waals surface area (Å²) < 4.78 is 0. The average Bonchev–Trinajstić information content (AvgIpc) is 3.07. The molecule has 0 radical (unpaired) electrons. The van der Waals surface area contributed by atoms with Crippen LogP contribution in [0.1, 0.15) is 12.8 Å². The molecule has 1 aromatic rings. The molecule has 16 heavy (non-hydrogen) atoms. The van der Waals surface area contributed by atoms with E-state index in [0.29, 0.717) is 5.41 Å². The number of thiol groups is 1. The number of hydrogen-bond donors (Lipinski definition) is 1. The van der Waals surface area contributed by atoms with E-state index in [0.717, 1.165) is 16.4 Å². The van der Waals surface area contributed by atoms with Crippen molar-refractivity contribution in [1.82, 2.24) is 0 Å². The minimum atomic E-state index is -0.317. The summed E-state index contributed by atoms with van der Waals surface area (Å²) in [5, 5.41) is 10.8. The summed E-state index contributed by atoms with van der Waals surface area (Å²) in [6.45, 7) is 0. The number of hydrogen-bond acceptors (Lipinski definition) is 4. The van der Waals surface area contributed by atoms with E-state index in [1.165, 1.54) is 12.8 Å². The number of para-hydroxylation sites is 1. The second-order valence-corrected chi connectivity index (χ2v) is 5.51. The molecule has 1 aromatic carbocycles. The Labute approximate surface area is 104 Å². The van der Waals surface area contributed by atoms with E-state index in [-0.39, 0.29) is 10.6 Å².